The van der Waals surface area contributed by atoms with Crippen LogP contribution >= 0.6 is 23.2 Å². The highest BCUT2D eigenvalue weighted by atomic mass is 35.5. The summed E-state index contributed by atoms with van der Waals surface area (Å²) in [7, 11) is 0. The second-order valence-electron chi connectivity index (χ2n) is 3.46. The molecule has 0 spiro atoms. The Morgan fingerprint density at radius 1 is 1.06 bits per heavy atom. The monoisotopic (exact) mass is 270 g/mol. The first-order chi connectivity index (χ1) is 8.16. The van der Waals surface area contributed by atoms with Gasteiger partial charge in [-0.1, -0.05) is 41.4 Å². The Kier molecular flexibility index (Phi) is 3.87. The van der Waals surface area contributed by atoms with Gasteiger partial charge < -0.3 is 4.74 Å². The smallest absolute Gasteiger partial charge is 0.142 e. The summed E-state index contributed by atoms with van der Waals surface area (Å²) in [5.74, 6) is 0.177. The van der Waals surface area contributed by atoms with Crippen LogP contribution < -0.4 is 4.74 Å². The van der Waals surface area contributed by atoms with Gasteiger partial charge in [0.1, 0.15) is 18.2 Å². The molecule has 0 aliphatic carbocycles. The molecule has 0 atom stereocenters. The van der Waals surface area contributed by atoms with E-state index in [-0.39, 0.29) is 11.6 Å². The maximum atomic E-state index is 13.2. The Labute approximate surface area is 109 Å². The first-order valence-electron chi connectivity index (χ1n) is 4.98. The Morgan fingerprint density at radius 3 is 2.59 bits per heavy atom. The van der Waals surface area contributed by atoms with E-state index in [1.165, 1.54) is 6.07 Å². The van der Waals surface area contributed by atoms with Gasteiger partial charge in [-0.3, -0.25) is 0 Å². The second-order valence-corrected chi connectivity index (χ2v) is 4.27. The van der Waals surface area contributed by atoms with Crippen molar-refractivity contribution in [3.05, 3.63) is 63.9 Å². The molecule has 0 unspecified atom stereocenters. The van der Waals surface area contributed by atoms with E-state index in [1.807, 2.05) is 0 Å². The molecule has 0 aromatic heterocycles. The maximum Gasteiger partial charge on any atom is 0.142 e. The standard InChI is InChI=1S/C13H9Cl2FO/c14-10-4-2-5-11(7-10)17-8-9-3-1-6-12(16)13(9)15/h1-7H,8H2. The zero-order chi connectivity index (χ0) is 12.3. The number of halogens is 3. The quantitative estimate of drug-likeness (QED) is 0.785. The van der Waals surface area contributed by atoms with Crippen molar-refractivity contribution in [1.29, 1.82) is 0 Å². The van der Waals surface area contributed by atoms with Crippen molar-refractivity contribution < 1.29 is 9.13 Å². The highest BCUT2D eigenvalue weighted by Crippen LogP contribution is 2.23. The van der Waals surface area contributed by atoms with E-state index in [1.54, 1.807) is 36.4 Å². The van der Waals surface area contributed by atoms with Crippen LogP contribution in [0.25, 0.3) is 0 Å². The van der Waals surface area contributed by atoms with E-state index < -0.39 is 5.82 Å². The molecule has 1 nitrogen and oxygen atoms in total. The first-order valence-corrected chi connectivity index (χ1v) is 5.73. The molecule has 4 heteroatoms. The van der Waals surface area contributed by atoms with Gasteiger partial charge in [0.15, 0.2) is 0 Å². The van der Waals surface area contributed by atoms with E-state index in [9.17, 15) is 4.39 Å². The summed E-state index contributed by atoms with van der Waals surface area (Å²) in [6.45, 7) is 0.205. The summed E-state index contributed by atoms with van der Waals surface area (Å²) >= 11 is 11.6. The lowest BCUT2D eigenvalue weighted by Crippen LogP contribution is -1.97. The van der Waals surface area contributed by atoms with Crippen LogP contribution in [0.3, 0.4) is 0 Å². The van der Waals surface area contributed by atoms with E-state index >= 15 is 0 Å². The SMILES string of the molecule is Fc1cccc(COc2cccc(Cl)c2)c1Cl. The van der Waals surface area contributed by atoms with Gasteiger partial charge in [0.05, 0.1) is 5.02 Å². The van der Waals surface area contributed by atoms with Crippen LogP contribution in [0.5, 0.6) is 5.75 Å². The lowest BCUT2D eigenvalue weighted by Gasteiger charge is -2.08. The van der Waals surface area contributed by atoms with Crippen LogP contribution in [-0.2, 0) is 6.61 Å². The fourth-order valence-corrected chi connectivity index (χ4v) is 1.74. The zero-order valence-electron chi connectivity index (χ0n) is 8.79. The largest absolute Gasteiger partial charge is 0.489 e. The molecular weight excluding hydrogens is 262 g/mol. The Morgan fingerprint density at radius 2 is 1.82 bits per heavy atom. The summed E-state index contributed by atoms with van der Waals surface area (Å²) in [5, 5.41) is 0.683. The van der Waals surface area contributed by atoms with Gasteiger partial charge in [-0.05, 0) is 24.3 Å². The van der Waals surface area contributed by atoms with E-state index in [0.29, 0.717) is 16.3 Å². The van der Waals surface area contributed by atoms with Crippen molar-refractivity contribution in [2.24, 2.45) is 0 Å². The first kappa shape index (κ1) is 12.2. The molecule has 0 saturated carbocycles. The molecule has 0 aliphatic heterocycles. The minimum atomic E-state index is -0.445. The number of hydrogen-bond acceptors (Lipinski definition) is 1. The average Bonchev–Trinajstić information content (AvgIpc) is 2.31. The zero-order valence-corrected chi connectivity index (χ0v) is 10.3. The van der Waals surface area contributed by atoms with Gasteiger partial charge in [0.2, 0.25) is 0 Å². The van der Waals surface area contributed by atoms with Gasteiger partial charge in [0, 0.05) is 10.6 Å². The van der Waals surface area contributed by atoms with E-state index in [0.717, 1.165) is 0 Å². The summed E-state index contributed by atoms with van der Waals surface area (Å²) < 4.78 is 18.6. The number of ether oxygens (including phenoxy) is 1. The van der Waals surface area contributed by atoms with Crippen LogP contribution in [0.15, 0.2) is 42.5 Å². The van der Waals surface area contributed by atoms with Crippen LogP contribution in [0.4, 0.5) is 4.39 Å². The summed E-state index contributed by atoms with van der Waals surface area (Å²) in [5.41, 5.74) is 0.603. The molecule has 17 heavy (non-hydrogen) atoms. The molecule has 2 rings (SSSR count). The lowest BCUT2D eigenvalue weighted by molar-refractivity contribution is 0.305. The van der Waals surface area contributed by atoms with Gasteiger partial charge in [0.25, 0.3) is 0 Å². The molecule has 0 saturated heterocycles. The molecule has 0 heterocycles. The van der Waals surface area contributed by atoms with Crippen molar-refractivity contribution in [3.8, 4) is 5.75 Å². The molecule has 2 aromatic carbocycles. The molecule has 0 aliphatic rings. The molecule has 0 fully saturated rings. The number of benzene rings is 2. The Hall–Kier alpha value is -1.25. The van der Waals surface area contributed by atoms with Crippen LogP contribution in [0.1, 0.15) is 5.56 Å². The second kappa shape index (κ2) is 5.39. The van der Waals surface area contributed by atoms with Crippen molar-refractivity contribution in [1.82, 2.24) is 0 Å². The van der Waals surface area contributed by atoms with Crippen molar-refractivity contribution in [2.45, 2.75) is 6.61 Å². The highest BCUT2D eigenvalue weighted by Gasteiger charge is 2.06. The topological polar surface area (TPSA) is 9.23 Å². The van der Waals surface area contributed by atoms with E-state index in [2.05, 4.69) is 0 Å². The van der Waals surface area contributed by atoms with Crippen molar-refractivity contribution >= 4 is 23.2 Å². The average molecular weight is 271 g/mol. The third-order valence-electron chi connectivity index (χ3n) is 2.22. The summed E-state index contributed by atoms with van der Waals surface area (Å²) in [6, 6.07) is 11.6. The van der Waals surface area contributed by atoms with Crippen molar-refractivity contribution in [3.63, 3.8) is 0 Å². The Bertz CT molecular complexity index is 529. The van der Waals surface area contributed by atoms with Crippen LogP contribution in [-0.4, -0.2) is 0 Å². The molecule has 0 N–H and O–H groups in total. The third-order valence-corrected chi connectivity index (χ3v) is 2.88. The fourth-order valence-electron chi connectivity index (χ4n) is 1.38. The van der Waals surface area contributed by atoms with Gasteiger partial charge in [-0.15, -0.1) is 0 Å². The van der Waals surface area contributed by atoms with Gasteiger partial charge >= 0.3 is 0 Å². The maximum absolute atomic E-state index is 13.2. The van der Waals surface area contributed by atoms with Gasteiger partial charge in [-0.25, -0.2) is 4.39 Å². The van der Waals surface area contributed by atoms with Gasteiger partial charge in [-0.2, -0.15) is 0 Å². The molecule has 88 valence electrons. The summed E-state index contributed by atoms with van der Waals surface area (Å²) in [6.07, 6.45) is 0. The predicted octanol–water partition coefficient (Wildman–Crippen LogP) is 4.71. The summed E-state index contributed by atoms with van der Waals surface area (Å²) in [4.78, 5) is 0. The molecular formula is C13H9Cl2FO. The Balaban J connectivity index is 2.10. The molecule has 2 aromatic rings. The highest BCUT2D eigenvalue weighted by molar-refractivity contribution is 6.31. The fraction of sp³-hybridized carbons (Fsp3) is 0.0769. The van der Waals surface area contributed by atoms with E-state index in [4.69, 9.17) is 27.9 Å². The minimum Gasteiger partial charge on any atom is -0.489 e. The number of rotatable bonds is 3. The number of hydrogen-bond donors (Lipinski definition) is 0. The predicted molar refractivity (Wildman–Crippen MR) is 67.2 cm³/mol. The van der Waals surface area contributed by atoms with Crippen molar-refractivity contribution in [2.75, 3.05) is 0 Å². The normalized spacial score (nSPS) is 10.3. The molecule has 0 amide bonds. The molecule has 0 bridgehead atoms. The third kappa shape index (κ3) is 3.11. The van der Waals surface area contributed by atoms with Crippen LogP contribution in [0.2, 0.25) is 10.0 Å². The van der Waals surface area contributed by atoms with Crippen LogP contribution in [0, 0.1) is 5.82 Å². The molecule has 0 radical (unpaired) electrons. The minimum absolute atomic E-state index is 0.0922. The lowest BCUT2D eigenvalue weighted by atomic mass is 10.2.